The van der Waals surface area contributed by atoms with Crippen molar-refractivity contribution in [3.05, 3.63) is 10.4 Å². The van der Waals surface area contributed by atoms with E-state index < -0.39 is 0 Å². The second-order valence-electron chi connectivity index (χ2n) is 4.92. The molecular weight excluding hydrogens is 292 g/mol. The van der Waals surface area contributed by atoms with E-state index >= 15 is 0 Å². The normalized spacial score (nSPS) is 16.8. The van der Waals surface area contributed by atoms with Crippen LogP contribution in [0.25, 0.3) is 11.3 Å². The first-order valence-electron chi connectivity index (χ1n) is 6.64. The largest absolute Gasteiger partial charge is 0.382 e. The predicted molar refractivity (Wildman–Crippen MR) is 84.6 cm³/mol. The molecule has 0 aliphatic carbocycles. The lowest BCUT2D eigenvalue weighted by Gasteiger charge is -2.32. The first-order chi connectivity index (χ1) is 9.69. The molecule has 1 aliphatic heterocycles. The van der Waals surface area contributed by atoms with Gasteiger partial charge in [-0.15, -0.1) is 11.3 Å². The fourth-order valence-electron chi connectivity index (χ4n) is 2.52. The van der Waals surface area contributed by atoms with Crippen LogP contribution in [0.3, 0.4) is 0 Å². The number of ether oxygens (including phenoxy) is 1. The minimum atomic E-state index is 0.376. The van der Waals surface area contributed by atoms with Crippen LogP contribution in [0.1, 0.15) is 17.8 Å². The SMILES string of the molecule is COC1CCN(c2snc(N)c2-c2csc(C)n2)CC1. The highest BCUT2D eigenvalue weighted by molar-refractivity contribution is 7.11. The summed E-state index contributed by atoms with van der Waals surface area (Å²) in [5.74, 6) is 0.587. The Hall–Kier alpha value is -1.18. The molecule has 108 valence electrons. The number of hydrogen-bond donors (Lipinski definition) is 1. The van der Waals surface area contributed by atoms with Crippen molar-refractivity contribution < 1.29 is 4.74 Å². The number of aromatic nitrogens is 2. The molecule has 0 amide bonds. The van der Waals surface area contributed by atoms with Crippen molar-refractivity contribution in [2.45, 2.75) is 25.9 Å². The number of aryl methyl sites for hydroxylation is 1. The molecule has 2 aromatic rings. The molecule has 5 nitrogen and oxygen atoms in total. The number of rotatable bonds is 3. The number of nitrogens with zero attached hydrogens (tertiary/aromatic N) is 3. The first-order valence-corrected chi connectivity index (χ1v) is 8.29. The summed E-state index contributed by atoms with van der Waals surface area (Å²) >= 11 is 3.11. The number of piperidine rings is 1. The summed E-state index contributed by atoms with van der Waals surface area (Å²) in [6.07, 6.45) is 2.47. The van der Waals surface area contributed by atoms with Crippen molar-refractivity contribution >= 4 is 33.7 Å². The molecule has 2 aromatic heterocycles. The molecule has 1 saturated heterocycles. The van der Waals surface area contributed by atoms with Gasteiger partial charge in [-0.1, -0.05) is 0 Å². The smallest absolute Gasteiger partial charge is 0.148 e. The van der Waals surface area contributed by atoms with Crippen LogP contribution in [-0.4, -0.2) is 35.7 Å². The molecule has 0 bridgehead atoms. The van der Waals surface area contributed by atoms with Gasteiger partial charge in [-0.05, 0) is 31.3 Å². The van der Waals surface area contributed by atoms with Crippen LogP contribution in [0.4, 0.5) is 10.8 Å². The van der Waals surface area contributed by atoms with E-state index in [0.29, 0.717) is 11.9 Å². The Balaban J connectivity index is 1.88. The van der Waals surface area contributed by atoms with E-state index in [0.717, 1.165) is 47.2 Å². The van der Waals surface area contributed by atoms with Crippen LogP contribution < -0.4 is 10.6 Å². The number of nitrogens with two attached hydrogens (primary N) is 1. The molecule has 2 N–H and O–H groups in total. The second-order valence-corrected chi connectivity index (χ2v) is 6.74. The Morgan fingerprint density at radius 3 is 2.75 bits per heavy atom. The van der Waals surface area contributed by atoms with Crippen molar-refractivity contribution in [2.75, 3.05) is 30.8 Å². The van der Waals surface area contributed by atoms with Crippen molar-refractivity contribution in [1.82, 2.24) is 9.36 Å². The maximum atomic E-state index is 6.06. The van der Waals surface area contributed by atoms with Gasteiger partial charge in [0.05, 0.1) is 22.4 Å². The molecular formula is C13H18N4OS2. The molecule has 0 aromatic carbocycles. The van der Waals surface area contributed by atoms with Gasteiger partial charge in [0, 0.05) is 25.6 Å². The Bertz CT molecular complexity index is 587. The van der Waals surface area contributed by atoms with Gasteiger partial charge >= 0.3 is 0 Å². The zero-order valence-electron chi connectivity index (χ0n) is 11.6. The maximum absolute atomic E-state index is 6.06. The van der Waals surface area contributed by atoms with Gasteiger partial charge in [0.15, 0.2) is 0 Å². The molecule has 0 radical (unpaired) electrons. The molecule has 0 atom stereocenters. The Labute approximate surface area is 126 Å². The highest BCUT2D eigenvalue weighted by Crippen LogP contribution is 2.40. The lowest BCUT2D eigenvalue weighted by molar-refractivity contribution is 0.0820. The average Bonchev–Trinajstić information content (AvgIpc) is 3.05. The predicted octanol–water partition coefficient (Wildman–Crippen LogP) is 2.77. The fourth-order valence-corrected chi connectivity index (χ4v) is 4.00. The van der Waals surface area contributed by atoms with Crippen LogP contribution in [0.5, 0.6) is 0 Å². The third-order valence-electron chi connectivity index (χ3n) is 3.64. The van der Waals surface area contributed by atoms with E-state index in [-0.39, 0.29) is 0 Å². The topological polar surface area (TPSA) is 64.3 Å². The third-order valence-corrected chi connectivity index (χ3v) is 5.33. The van der Waals surface area contributed by atoms with E-state index in [2.05, 4.69) is 19.6 Å². The zero-order valence-corrected chi connectivity index (χ0v) is 13.3. The Kier molecular flexibility index (Phi) is 3.91. The third kappa shape index (κ3) is 2.53. The maximum Gasteiger partial charge on any atom is 0.148 e. The highest BCUT2D eigenvalue weighted by Gasteiger charge is 2.25. The van der Waals surface area contributed by atoms with E-state index in [1.54, 1.807) is 18.4 Å². The average molecular weight is 310 g/mol. The number of thiazole rings is 1. The minimum absolute atomic E-state index is 0.376. The van der Waals surface area contributed by atoms with Crippen LogP contribution in [-0.2, 0) is 4.74 Å². The van der Waals surface area contributed by atoms with Crippen molar-refractivity contribution in [3.63, 3.8) is 0 Å². The van der Waals surface area contributed by atoms with E-state index in [1.807, 2.05) is 6.92 Å². The van der Waals surface area contributed by atoms with Crippen molar-refractivity contribution in [1.29, 1.82) is 0 Å². The van der Waals surface area contributed by atoms with E-state index in [1.165, 1.54) is 11.5 Å². The monoisotopic (exact) mass is 310 g/mol. The number of methoxy groups -OCH3 is 1. The van der Waals surface area contributed by atoms with Gasteiger partial charge in [-0.25, -0.2) is 4.98 Å². The van der Waals surface area contributed by atoms with Crippen LogP contribution in [0, 0.1) is 6.92 Å². The molecule has 3 heterocycles. The molecule has 0 spiro atoms. The summed E-state index contributed by atoms with van der Waals surface area (Å²) in [4.78, 5) is 6.91. The summed E-state index contributed by atoms with van der Waals surface area (Å²) in [6.45, 7) is 3.97. The quantitative estimate of drug-likeness (QED) is 0.944. The van der Waals surface area contributed by atoms with Gasteiger partial charge in [0.2, 0.25) is 0 Å². The van der Waals surface area contributed by atoms with E-state index in [4.69, 9.17) is 10.5 Å². The number of hydrogen-bond acceptors (Lipinski definition) is 7. The fraction of sp³-hybridized carbons (Fsp3) is 0.538. The summed E-state index contributed by atoms with van der Waals surface area (Å²) in [7, 11) is 1.79. The van der Waals surface area contributed by atoms with Crippen molar-refractivity contribution in [3.8, 4) is 11.3 Å². The van der Waals surface area contributed by atoms with Gasteiger partial charge in [0.1, 0.15) is 10.8 Å². The minimum Gasteiger partial charge on any atom is -0.382 e. The number of anilines is 2. The summed E-state index contributed by atoms with van der Waals surface area (Å²) in [6, 6.07) is 0. The van der Waals surface area contributed by atoms with Crippen LogP contribution in [0.2, 0.25) is 0 Å². The summed E-state index contributed by atoms with van der Waals surface area (Å²) in [5.41, 5.74) is 8.00. The van der Waals surface area contributed by atoms with Crippen LogP contribution in [0.15, 0.2) is 5.38 Å². The molecule has 1 aliphatic rings. The summed E-state index contributed by atoms with van der Waals surface area (Å²) < 4.78 is 9.75. The molecule has 3 rings (SSSR count). The van der Waals surface area contributed by atoms with E-state index in [9.17, 15) is 0 Å². The summed E-state index contributed by atoms with van der Waals surface area (Å²) in [5, 5.41) is 4.25. The van der Waals surface area contributed by atoms with Crippen molar-refractivity contribution in [2.24, 2.45) is 0 Å². The van der Waals surface area contributed by atoms with Gasteiger partial charge in [-0.3, -0.25) is 0 Å². The van der Waals surface area contributed by atoms with Gasteiger partial charge < -0.3 is 15.4 Å². The Morgan fingerprint density at radius 1 is 1.40 bits per heavy atom. The van der Waals surface area contributed by atoms with Gasteiger partial charge in [0.25, 0.3) is 0 Å². The zero-order chi connectivity index (χ0) is 14.1. The number of nitrogen functional groups attached to an aromatic ring is 1. The molecule has 0 saturated carbocycles. The van der Waals surface area contributed by atoms with Gasteiger partial charge in [-0.2, -0.15) is 4.37 Å². The Morgan fingerprint density at radius 2 is 2.15 bits per heavy atom. The molecule has 1 fully saturated rings. The molecule has 0 unspecified atom stereocenters. The highest BCUT2D eigenvalue weighted by atomic mass is 32.1. The molecule has 7 heteroatoms. The lowest BCUT2D eigenvalue weighted by atomic mass is 10.1. The van der Waals surface area contributed by atoms with Crippen LogP contribution >= 0.6 is 22.9 Å². The second kappa shape index (κ2) is 5.67. The standard InChI is InChI=1S/C13H18N4OS2/c1-8-15-10(7-19-8)11-12(14)16-20-13(11)17-5-3-9(18-2)4-6-17/h7,9H,3-6H2,1-2H3,(H2,14,16). The lowest BCUT2D eigenvalue weighted by Crippen LogP contribution is -2.36. The first kappa shape index (κ1) is 13.8. The molecule has 20 heavy (non-hydrogen) atoms.